The first-order chi connectivity index (χ1) is 9.20. The number of hydrogen-bond acceptors (Lipinski definition) is 5. The number of rotatable bonds is 7. The lowest BCUT2D eigenvalue weighted by Crippen LogP contribution is -2.16. The summed E-state index contributed by atoms with van der Waals surface area (Å²) in [5, 5.41) is 3.31. The van der Waals surface area contributed by atoms with Crippen molar-refractivity contribution in [2.24, 2.45) is 0 Å². The van der Waals surface area contributed by atoms with Crippen molar-refractivity contribution in [2.75, 3.05) is 32.5 Å². The lowest BCUT2D eigenvalue weighted by atomic mass is 10.2. The Kier molecular flexibility index (Phi) is 5.04. The van der Waals surface area contributed by atoms with Gasteiger partial charge in [0.05, 0.1) is 7.11 Å². The fourth-order valence-electron chi connectivity index (χ4n) is 1.92. The van der Waals surface area contributed by atoms with Crippen molar-refractivity contribution in [1.82, 2.24) is 5.32 Å². The van der Waals surface area contributed by atoms with Gasteiger partial charge in [0.2, 0.25) is 12.5 Å². The molecule has 0 amide bonds. The van der Waals surface area contributed by atoms with Crippen LogP contribution in [0.1, 0.15) is 12.0 Å². The standard InChI is InChI=1S/C13H19NO4S/c1-16-11-6-10(7-12-13(11)18-9-17-12)8-14-4-3-5-19(2)15/h6-7,14H,3-5,8-9H2,1-2H3. The van der Waals surface area contributed by atoms with Crippen LogP contribution >= 0.6 is 0 Å². The molecule has 2 rings (SSSR count). The molecule has 0 aliphatic carbocycles. The molecule has 1 aromatic carbocycles. The molecule has 1 N–H and O–H groups in total. The average Bonchev–Trinajstić information content (AvgIpc) is 2.85. The lowest BCUT2D eigenvalue weighted by molar-refractivity contribution is 0.171. The molecule has 1 atom stereocenters. The molecule has 0 saturated heterocycles. The second-order valence-corrected chi connectivity index (χ2v) is 5.89. The number of ether oxygens (including phenoxy) is 3. The van der Waals surface area contributed by atoms with E-state index < -0.39 is 10.8 Å². The molecule has 1 unspecified atom stereocenters. The second-order valence-electron chi connectivity index (χ2n) is 4.34. The van der Waals surface area contributed by atoms with Crippen molar-refractivity contribution in [3.8, 4) is 17.2 Å². The quantitative estimate of drug-likeness (QED) is 0.765. The van der Waals surface area contributed by atoms with Crippen molar-refractivity contribution in [2.45, 2.75) is 13.0 Å². The molecule has 0 spiro atoms. The fraction of sp³-hybridized carbons (Fsp3) is 0.538. The van der Waals surface area contributed by atoms with Gasteiger partial charge in [-0.1, -0.05) is 0 Å². The van der Waals surface area contributed by atoms with Gasteiger partial charge in [-0.2, -0.15) is 0 Å². The summed E-state index contributed by atoms with van der Waals surface area (Å²) in [5.41, 5.74) is 1.08. The van der Waals surface area contributed by atoms with Crippen LogP contribution in [0, 0.1) is 0 Å². The lowest BCUT2D eigenvalue weighted by Gasteiger charge is -2.09. The highest BCUT2D eigenvalue weighted by atomic mass is 32.2. The van der Waals surface area contributed by atoms with E-state index in [4.69, 9.17) is 14.2 Å². The Bertz CT molecular complexity index is 464. The molecule has 0 aromatic heterocycles. The predicted molar refractivity (Wildman–Crippen MR) is 74.4 cm³/mol. The van der Waals surface area contributed by atoms with Gasteiger partial charge in [0, 0.05) is 29.4 Å². The maximum Gasteiger partial charge on any atom is 0.231 e. The zero-order valence-electron chi connectivity index (χ0n) is 11.2. The Morgan fingerprint density at radius 1 is 1.42 bits per heavy atom. The van der Waals surface area contributed by atoms with E-state index in [0.29, 0.717) is 11.5 Å². The van der Waals surface area contributed by atoms with Gasteiger partial charge < -0.3 is 19.5 Å². The van der Waals surface area contributed by atoms with Gasteiger partial charge in [0.1, 0.15) is 0 Å². The smallest absolute Gasteiger partial charge is 0.231 e. The Morgan fingerprint density at radius 2 is 2.26 bits per heavy atom. The van der Waals surface area contributed by atoms with Gasteiger partial charge in [-0.3, -0.25) is 4.21 Å². The summed E-state index contributed by atoms with van der Waals surface area (Å²) in [6.45, 7) is 1.81. The van der Waals surface area contributed by atoms with E-state index in [0.717, 1.165) is 36.6 Å². The van der Waals surface area contributed by atoms with Crippen LogP contribution in [0.5, 0.6) is 17.2 Å². The van der Waals surface area contributed by atoms with Crippen LogP contribution in [0.2, 0.25) is 0 Å². The third-order valence-corrected chi connectivity index (χ3v) is 3.70. The molecule has 0 saturated carbocycles. The molecule has 19 heavy (non-hydrogen) atoms. The molecule has 1 aromatic rings. The van der Waals surface area contributed by atoms with Crippen LogP contribution in [0.3, 0.4) is 0 Å². The summed E-state index contributed by atoms with van der Waals surface area (Å²) in [6, 6.07) is 3.90. The van der Waals surface area contributed by atoms with Gasteiger partial charge in [-0.05, 0) is 30.7 Å². The highest BCUT2D eigenvalue weighted by Crippen LogP contribution is 2.41. The maximum absolute atomic E-state index is 10.9. The first-order valence-electron chi connectivity index (χ1n) is 6.18. The van der Waals surface area contributed by atoms with E-state index in [2.05, 4.69) is 5.32 Å². The van der Waals surface area contributed by atoms with E-state index in [-0.39, 0.29) is 6.79 Å². The number of methoxy groups -OCH3 is 1. The van der Waals surface area contributed by atoms with Crippen LogP contribution in [0.25, 0.3) is 0 Å². The minimum atomic E-state index is -0.715. The second kappa shape index (κ2) is 6.77. The van der Waals surface area contributed by atoms with E-state index in [1.54, 1.807) is 13.4 Å². The summed E-state index contributed by atoms with van der Waals surface area (Å²) >= 11 is 0. The van der Waals surface area contributed by atoms with Crippen molar-refractivity contribution < 1.29 is 18.4 Å². The number of fused-ring (bicyclic) bond motifs is 1. The zero-order valence-corrected chi connectivity index (χ0v) is 12.0. The SMILES string of the molecule is COc1cc(CNCCCS(C)=O)cc2c1OCO2. The first kappa shape index (κ1) is 14.1. The predicted octanol–water partition coefficient (Wildman–Crippen LogP) is 1.28. The summed E-state index contributed by atoms with van der Waals surface area (Å²) in [7, 11) is 0.901. The molecule has 1 aliphatic heterocycles. The van der Waals surface area contributed by atoms with Crippen molar-refractivity contribution in [3.63, 3.8) is 0 Å². The maximum atomic E-state index is 10.9. The van der Waals surface area contributed by atoms with E-state index in [9.17, 15) is 4.21 Å². The third kappa shape index (κ3) is 3.84. The molecule has 5 nitrogen and oxygen atoms in total. The molecule has 0 fully saturated rings. The molecular weight excluding hydrogens is 266 g/mol. The van der Waals surface area contributed by atoms with Crippen molar-refractivity contribution in [3.05, 3.63) is 17.7 Å². The molecule has 1 heterocycles. The highest BCUT2D eigenvalue weighted by molar-refractivity contribution is 7.84. The van der Waals surface area contributed by atoms with E-state index in [1.807, 2.05) is 12.1 Å². The fourth-order valence-corrected chi connectivity index (χ4v) is 2.47. The van der Waals surface area contributed by atoms with Gasteiger partial charge in [-0.25, -0.2) is 0 Å². The largest absolute Gasteiger partial charge is 0.493 e. The minimum Gasteiger partial charge on any atom is -0.493 e. The molecule has 0 radical (unpaired) electrons. The molecule has 1 aliphatic rings. The summed E-state index contributed by atoms with van der Waals surface area (Å²) < 4.78 is 26.9. The van der Waals surface area contributed by atoms with Gasteiger partial charge in [0.25, 0.3) is 0 Å². The first-order valence-corrected chi connectivity index (χ1v) is 7.90. The Balaban J connectivity index is 1.89. The van der Waals surface area contributed by atoms with Crippen LogP contribution < -0.4 is 19.5 Å². The van der Waals surface area contributed by atoms with Crippen LogP contribution in [-0.4, -0.2) is 36.7 Å². The van der Waals surface area contributed by atoms with Crippen LogP contribution in [-0.2, 0) is 17.3 Å². The van der Waals surface area contributed by atoms with Gasteiger partial charge in [0.15, 0.2) is 11.5 Å². The highest BCUT2D eigenvalue weighted by Gasteiger charge is 2.19. The van der Waals surface area contributed by atoms with Crippen LogP contribution in [0.4, 0.5) is 0 Å². The Morgan fingerprint density at radius 3 is 3.00 bits per heavy atom. The molecule has 6 heteroatoms. The summed E-state index contributed by atoms with van der Waals surface area (Å²) in [4.78, 5) is 0. The third-order valence-electron chi connectivity index (χ3n) is 2.83. The van der Waals surface area contributed by atoms with Gasteiger partial charge in [-0.15, -0.1) is 0 Å². The summed E-state index contributed by atoms with van der Waals surface area (Å²) in [6.07, 6.45) is 2.63. The number of benzene rings is 1. The normalized spacial score (nSPS) is 14.4. The topological polar surface area (TPSA) is 56.8 Å². The Labute approximate surface area is 115 Å². The number of hydrogen-bond donors (Lipinski definition) is 1. The average molecular weight is 285 g/mol. The van der Waals surface area contributed by atoms with Crippen LogP contribution in [0.15, 0.2) is 12.1 Å². The number of nitrogens with one attached hydrogen (secondary N) is 1. The molecule has 106 valence electrons. The monoisotopic (exact) mass is 285 g/mol. The van der Waals surface area contributed by atoms with E-state index in [1.165, 1.54) is 0 Å². The van der Waals surface area contributed by atoms with Crippen molar-refractivity contribution >= 4 is 10.8 Å². The minimum absolute atomic E-state index is 0.241. The Hall–Kier alpha value is -1.27. The van der Waals surface area contributed by atoms with Gasteiger partial charge >= 0.3 is 0 Å². The molecule has 0 bridgehead atoms. The molecular formula is C13H19NO4S. The van der Waals surface area contributed by atoms with Crippen molar-refractivity contribution in [1.29, 1.82) is 0 Å². The summed E-state index contributed by atoms with van der Waals surface area (Å²) in [5.74, 6) is 2.83. The zero-order chi connectivity index (χ0) is 13.7. The van der Waals surface area contributed by atoms with E-state index >= 15 is 0 Å².